The molecule has 3 aromatic carbocycles. The van der Waals surface area contributed by atoms with E-state index in [0.29, 0.717) is 29.2 Å². The van der Waals surface area contributed by atoms with E-state index in [9.17, 15) is 14.7 Å². The highest BCUT2D eigenvalue weighted by molar-refractivity contribution is 6.46. The van der Waals surface area contributed by atoms with Crippen molar-refractivity contribution in [3.8, 4) is 11.5 Å². The molecular formula is C32H28N2O5. The molecule has 7 nitrogen and oxygen atoms in total. The zero-order valence-electron chi connectivity index (χ0n) is 21.7. The maximum atomic E-state index is 13.3. The number of carbonyl (C=O) groups excluding carboxylic acids is 2. The average molecular weight is 521 g/mol. The van der Waals surface area contributed by atoms with E-state index in [1.807, 2.05) is 37.3 Å². The van der Waals surface area contributed by atoms with Crippen molar-refractivity contribution in [2.24, 2.45) is 0 Å². The van der Waals surface area contributed by atoms with Crippen LogP contribution in [-0.2, 0) is 22.7 Å². The van der Waals surface area contributed by atoms with Gasteiger partial charge in [-0.2, -0.15) is 0 Å². The first-order valence-electron chi connectivity index (χ1n) is 12.6. The number of hydrogen-bond donors (Lipinski definition) is 1. The van der Waals surface area contributed by atoms with Gasteiger partial charge in [0.1, 0.15) is 23.9 Å². The second kappa shape index (κ2) is 11.2. The molecule has 1 atom stereocenters. The van der Waals surface area contributed by atoms with Gasteiger partial charge in [-0.25, -0.2) is 0 Å². The summed E-state index contributed by atoms with van der Waals surface area (Å²) in [5.74, 6) is -0.466. The Kier molecular flexibility index (Phi) is 7.41. The molecule has 1 aliphatic rings. The summed E-state index contributed by atoms with van der Waals surface area (Å²) in [7, 11) is 1.55. The molecule has 0 saturated carbocycles. The summed E-state index contributed by atoms with van der Waals surface area (Å²) < 4.78 is 11.3. The summed E-state index contributed by atoms with van der Waals surface area (Å²) in [6.07, 6.45) is 3.27. The number of Topliss-reactive ketones (excluding diaryl/α,β-unsaturated/α-hetero) is 1. The lowest BCUT2D eigenvalue weighted by atomic mass is 9.95. The molecule has 1 aromatic heterocycles. The second-order valence-electron chi connectivity index (χ2n) is 9.30. The third kappa shape index (κ3) is 5.38. The van der Waals surface area contributed by atoms with E-state index in [1.165, 1.54) is 4.90 Å². The Labute approximate surface area is 227 Å². The van der Waals surface area contributed by atoms with Crippen molar-refractivity contribution in [1.82, 2.24) is 9.88 Å². The topological polar surface area (TPSA) is 89.0 Å². The Hall–Kier alpha value is -4.91. The van der Waals surface area contributed by atoms with Crippen LogP contribution in [0.1, 0.15) is 33.9 Å². The molecular weight excluding hydrogens is 492 g/mol. The van der Waals surface area contributed by atoms with E-state index in [2.05, 4.69) is 4.98 Å². The van der Waals surface area contributed by atoms with Gasteiger partial charge in [-0.3, -0.25) is 14.6 Å². The number of hydrogen-bond acceptors (Lipinski definition) is 6. The van der Waals surface area contributed by atoms with Crippen LogP contribution in [0.25, 0.3) is 5.76 Å². The lowest BCUT2D eigenvalue weighted by Gasteiger charge is -2.25. The van der Waals surface area contributed by atoms with Crippen LogP contribution in [0.4, 0.5) is 0 Å². The maximum Gasteiger partial charge on any atom is 0.295 e. The van der Waals surface area contributed by atoms with Crippen molar-refractivity contribution in [2.75, 3.05) is 7.11 Å². The molecule has 196 valence electrons. The largest absolute Gasteiger partial charge is 0.507 e. The van der Waals surface area contributed by atoms with Gasteiger partial charge in [0.15, 0.2) is 0 Å². The van der Waals surface area contributed by atoms with Gasteiger partial charge >= 0.3 is 0 Å². The zero-order chi connectivity index (χ0) is 27.4. The van der Waals surface area contributed by atoms with Gasteiger partial charge in [-0.15, -0.1) is 0 Å². The van der Waals surface area contributed by atoms with Gasteiger partial charge in [0.05, 0.1) is 18.7 Å². The number of likely N-dealkylation sites (tertiary alicyclic amines) is 1. The molecule has 1 fully saturated rings. The summed E-state index contributed by atoms with van der Waals surface area (Å²) in [6, 6.07) is 24.8. The highest BCUT2D eigenvalue weighted by Gasteiger charge is 2.46. The Morgan fingerprint density at radius 1 is 0.923 bits per heavy atom. The van der Waals surface area contributed by atoms with Crippen LogP contribution in [0, 0.1) is 6.92 Å². The molecule has 0 aliphatic carbocycles. The number of pyridine rings is 1. The number of amides is 1. The Balaban J connectivity index is 1.49. The van der Waals surface area contributed by atoms with Crippen molar-refractivity contribution in [3.63, 3.8) is 0 Å². The number of aliphatic hydroxyl groups is 1. The van der Waals surface area contributed by atoms with E-state index < -0.39 is 17.7 Å². The minimum absolute atomic E-state index is 0.0240. The fraction of sp³-hybridized carbons (Fsp3) is 0.156. The number of benzene rings is 3. The molecule has 1 saturated heterocycles. The van der Waals surface area contributed by atoms with Gasteiger partial charge in [0, 0.05) is 24.5 Å². The average Bonchev–Trinajstić information content (AvgIpc) is 3.22. The molecule has 0 spiro atoms. The fourth-order valence-corrected chi connectivity index (χ4v) is 4.68. The smallest absolute Gasteiger partial charge is 0.295 e. The predicted octanol–water partition coefficient (Wildman–Crippen LogP) is 5.60. The molecule has 1 unspecified atom stereocenters. The first kappa shape index (κ1) is 25.7. The summed E-state index contributed by atoms with van der Waals surface area (Å²) in [6.45, 7) is 2.62. The zero-order valence-corrected chi connectivity index (χ0v) is 21.7. The normalized spacial score (nSPS) is 16.4. The first-order valence-corrected chi connectivity index (χ1v) is 12.6. The number of rotatable bonds is 8. The van der Waals surface area contributed by atoms with E-state index in [-0.39, 0.29) is 17.9 Å². The molecule has 2 heterocycles. The second-order valence-corrected chi connectivity index (χ2v) is 9.30. The number of ether oxygens (including phenoxy) is 2. The SMILES string of the molecule is COc1cccc(C2/C(=C(\O)c3ccc(OCc4ccccc4C)cc3)C(=O)C(=O)N2Cc2ccncc2)c1. The number of aromatic nitrogens is 1. The highest BCUT2D eigenvalue weighted by atomic mass is 16.5. The monoisotopic (exact) mass is 520 g/mol. The Bertz CT molecular complexity index is 1530. The molecule has 1 amide bonds. The highest BCUT2D eigenvalue weighted by Crippen LogP contribution is 2.41. The van der Waals surface area contributed by atoms with Crippen molar-refractivity contribution in [1.29, 1.82) is 0 Å². The minimum Gasteiger partial charge on any atom is -0.507 e. The molecule has 0 radical (unpaired) electrons. The molecule has 4 aromatic rings. The van der Waals surface area contributed by atoms with Crippen LogP contribution >= 0.6 is 0 Å². The van der Waals surface area contributed by atoms with Crippen LogP contribution in [0.2, 0.25) is 0 Å². The quantitative estimate of drug-likeness (QED) is 0.185. The lowest BCUT2D eigenvalue weighted by Crippen LogP contribution is -2.29. The van der Waals surface area contributed by atoms with Gasteiger partial charge < -0.3 is 19.5 Å². The number of aliphatic hydroxyl groups excluding tert-OH is 1. The van der Waals surface area contributed by atoms with E-state index in [1.54, 1.807) is 74.1 Å². The van der Waals surface area contributed by atoms with E-state index >= 15 is 0 Å². The summed E-state index contributed by atoms with van der Waals surface area (Å²) >= 11 is 0. The van der Waals surface area contributed by atoms with Crippen LogP contribution in [0.5, 0.6) is 11.5 Å². The summed E-state index contributed by atoms with van der Waals surface area (Å²) in [5, 5.41) is 11.4. The number of methoxy groups -OCH3 is 1. The number of ketones is 1. The molecule has 1 aliphatic heterocycles. The number of nitrogens with zero attached hydrogens (tertiary/aromatic N) is 2. The third-order valence-corrected chi connectivity index (χ3v) is 6.84. The lowest BCUT2D eigenvalue weighted by molar-refractivity contribution is -0.140. The van der Waals surface area contributed by atoms with Crippen LogP contribution in [0.3, 0.4) is 0 Å². The van der Waals surface area contributed by atoms with Crippen molar-refractivity contribution in [2.45, 2.75) is 26.1 Å². The van der Waals surface area contributed by atoms with E-state index in [0.717, 1.165) is 16.7 Å². The van der Waals surface area contributed by atoms with Crippen molar-refractivity contribution < 1.29 is 24.2 Å². The van der Waals surface area contributed by atoms with Crippen molar-refractivity contribution in [3.05, 3.63) is 131 Å². The fourth-order valence-electron chi connectivity index (χ4n) is 4.68. The first-order chi connectivity index (χ1) is 19.0. The summed E-state index contributed by atoms with van der Waals surface area (Å²) in [4.78, 5) is 32.1. The van der Waals surface area contributed by atoms with Crippen molar-refractivity contribution >= 4 is 17.4 Å². The standard InChI is InChI=1S/C32H28N2O5/c1-21-6-3-4-7-25(21)20-39-26-12-10-23(11-13-26)30(35)28-29(24-8-5-9-27(18-24)38-2)34(32(37)31(28)36)19-22-14-16-33-17-15-22/h3-18,29,35H,19-20H2,1-2H3/b30-28+. The van der Waals surface area contributed by atoms with Crippen LogP contribution < -0.4 is 9.47 Å². The predicted molar refractivity (Wildman–Crippen MR) is 147 cm³/mol. The molecule has 1 N–H and O–H groups in total. The Morgan fingerprint density at radius 2 is 1.67 bits per heavy atom. The molecule has 5 rings (SSSR count). The van der Waals surface area contributed by atoms with Crippen LogP contribution in [-0.4, -0.2) is 33.8 Å². The third-order valence-electron chi connectivity index (χ3n) is 6.84. The molecule has 0 bridgehead atoms. The van der Waals surface area contributed by atoms with E-state index in [4.69, 9.17) is 9.47 Å². The Morgan fingerprint density at radius 3 is 2.38 bits per heavy atom. The van der Waals surface area contributed by atoms with Gasteiger partial charge in [0.2, 0.25) is 0 Å². The maximum absolute atomic E-state index is 13.3. The minimum atomic E-state index is -0.801. The van der Waals surface area contributed by atoms with Crippen LogP contribution in [0.15, 0.2) is 103 Å². The van der Waals surface area contributed by atoms with Gasteiger partial charge in [-0.05, 0) is 77.7 Å². The molecule has 39 heavy (non-hydrogen) atoms. The molecule has 7 heteroatoms. The van der Waals surface area contributed by atoms with Gasteiger partial charge in [-0.1, -0.05) is 36.4 Å². The summed E-state index contributed by atoms with van der Waals surface area (Å²) in [5.41, 5.74) is 4.12. The van der Waals surface area contributed by atoms with Gasteiger partial charge in [0.25, 0.3) is 11.7 Å². The number of aryl methyl sites for hydroxylation is 1. The number of carbonyl (C=O) groups is 2.